The van der Waals surface area contributed by atoms with E-state index in [2.05, 4.69) is 20.1 Å². The molecule has 0 bridgehead atoms. The van der Waals surface area contributed by atoms with Gasteiger partial charge in [-0.3, -0.25) is 4.57 Å². The van der Waals surface area contributed by atoms with Gasteiger partial charge in [0, 0.05) is 18.3 Å². The molecule has 0 fully saturated rings. The second-order valence-corrected chi connectivity index (χ2v) is 4.99. The van der Waals surface area contributed by atoms with E-state index in [-0.39, 0.29) is 11.6 Å². The van der Waals surface area contributed by atoms with Crippen molar-refractivity contribution in [2.45, 2.75) is 19.8 Å². The van der Waals surface area contributed by atoms with E-state index in [9.17, 15) is 4.79 Å². The first kappa shape index (κ1) is 13.9. The molecule has 0 radical (unpaired) electrons. The number of nitrogens with zero attached hydrogens (tertiary/aromatic N) is 5. The van der Waals surface area contributed by atoms with Crippen molar-refractivity contribution in [3.63, 3.8) is 0 Å². The topological polar surface area (TPSA) is 107 Å². The fraction of sp³-hybridized carbons (Fsp3) is 0.214. The summed E-state index contributed by atoms with van der Waals surface area (Å²) in [5.74, 6) is 0.694. The minimum Gasteiger partial charge on any atom is -0.476 e. The molecule has 3 aromatic heterocycles. The van der Waals surface area contributed by atoms with E-state index in [1.54, 1.807) is 18.3 Å². The molecule has 0 saturated heterocycles. The van der Waals surface area contributed by atoms with Crippen LogP contribution in [-0.4, -0.2) is 35.8 Å². The van der Waals surface area contributed by atoms with Crippen LogP contribution in [0, 0.1) is 0 Å². The van der Waals surface area contributed by atoms with Crippen LogP contribution in [-0.2, 0) is 0 Å². The molecule has 112 valence electrons. The zero-order chi connectivity index (χ0) is 15.7. The van der Waals surface area contributed by atoms with E-state index < -0.39 is 5.97 Å². The van der Waals surface area contributed by atoms with Crippen molar-refractivity contribution in [2.24, 2.45) is 0 Å². The van der Waals surface area contributed by atoms with Crippen molar-refractivity contribution >= 4 is 5.97 Å². The summed E-state index contributed by atoms with van der Waals surface area (Å²) in [6.07, 6.45) is 4.39. The Kier molecular flexibility index (Phi) is 3.42. The Balaban J connectivity index is 1.86. The van der Waals surface area contributed by atoms with Crippen LogP contribution in [0.1, 0.15) is 36.1 Å². The lowest BCUT2D eigenvalue weighted by Gasteiger charge is -2.00. The SMILES string of the molecule is CC(C)c1noc(-c2ccc(-n3cnc(C(=O)O)c3)nc2)n1. The van der Waals surface area contributed by atoms with E-state index in [1.807, 2.05) is 13.8 Å². The van der Waals surface area contributed by atoms with Gasteiger partial charge in [-0.25, -0.2) is 14.8 Å². The van der Waals surface area contributed by atoms with Gasteiger partial charge >= 0.3 is 5.97 Å². The smallest absolute Gasteiger partial charge is 0.356 e. The molecule has 8 heteroatoms. The number of aromatic nitrogens is 5. The first-order valence-corrected chi connectivity index (χ1v) is 6.62. The van der Waals surface area contributed by atoms with Crippen molar-refractivity contribution < 1.29 is 14.4 Å². The van der Waals surface area contributed by atoms with Gasteiger partial charge in [-0.2, -0.15) is 4.98 Å². The first-order valence-electron chi connectivity index (χ1n) is 6.62. The predicted molar refractivity (Wildman–Crippen MR) is 75.7 cm³/mol. The van der Waals surface area contributed by atoms with Crippen LogP contribution < -0.4 is 0 Å². The van der Waals surface area contributed by atoms with Gasteiger partial charge in [-0.1, -0.05) is 19.0 Å². The summed E-state index contributed by atoms with van der Waals surface area (Å²) in [6, 6.07) is 3.50. The van der Waals surface area contributed by atoms with Gasteiger partial charge in [0.05, 0.1) is 5.56 Å². The van der Waals surface area contributed by atoms with Crippen molar-refractivity contribution in [3.05, 3.63) is 42.4 Å². The first-order chi connectivity index (χ1) is 10.5. The monoisotopic (exact) mass is 299 g/mol. The average Bonchev–Trinajstić information content (AvgIpc) is 3.17. The van der Waals surface area contributed by atoms with Gasteiger partial charge < -0.3 is 9.63 Å². The van der Waals surface area contributed by atoms with Crippen LogP contribution in [0.4, 0.5) is 0 Å². The molecule has 0 atom stereocenters. The molecule has 3 aromatic rings. The van der Waals surface area contributed by atoms with Crippen LogP contribution >= 0.6 is 0 Å². The van der Waals surface area contributed by atoms with Gasteiger partial charge in [0.15, 0.2) is 11.5 Å². The molecule has 0 unspecified atom stereocenters. The fourth-order valence-corrected chi connectivity index (χ4v) is 1.81. The van der Waals surface area contributed by atoms with Gasteiger partial charge in [0.2, 0.25) is 0 Å². The van der Waals surface area contributed by atoms with E-state index >= 15 is 0 Å². The number of carboxylic acid groups (broad SMARTS) is 1. The Morgan fingerprint density at radius 2 is 2.14 bits per heavy atom. The second kappa shape index (κ2) is 5.40. The standard InChI is InChI=1S/C14H13N5O3/c1-8(2)12-17-13(22-18-12)9-3-4-11(15-5-9)19-6-10(14(20)21)16-7-19/h3-8H,1-2H3,(H,20,21). The summed E-state index contributed by atoms with van der Waals surface area (Å²) in [7, 11) is 0. The van der Waals surface area contributed by atoms with E-state index in [1.165, 1.54) is 17.1 Å². The summed E-state index contributed by atoms with van der Waals surface area (Å²) in [6.45, 7) is 3.96. The maximum absolute atomic E-state index is 10.8. The normalized spacial score (nSPS) is 11.0. The predicted octanol–water partition coefficient (Wildman–Crippen LogP) is 2.14. The van der Waals surface area contributed by atoms with E-state index in [0.717, 1.165) is 0 Å². The molecule has 1 N–H and O–H groups in total. The third-order valence-corrected chi connectivity index (χ3v) is 3.02. The Labute approximate surface area is 125 Å². The lowest BCUT2D eigenvalue weighted by atomic mass is 10.2. The molecule has 0 aliphatic heterocycles. The Morgan fingerprint density at radius 1 is 1.32 bits per heavy atom. The van der Waals surface area contributed by atoms with Crippen LogP contribution in [0.5, 0.6) is 0 Å². The van der Waals surface area contributed by atoms with Crippen molar-refractivity contribution in [2.75, 3.05) is 0 Å². The molecule has 0 aliphatic carbocycles. The van der Waals surface area contributed by atoms with Crippen LogP contribution in [0.2, 0.25) is 0 Å². The maximum atomic E-state index is 10.8. The highest BCUT2D eigenvalue weighted by molar-refractivity contribution is 5.85. The summed E-state index contributed by atoms with van der Waals surface area (Å²) in [5, 5.41) is 12.8. The molecule has 0 spiro atoms. The zero-order valence-electron chi connectivity index (χ0n) is 12.0. The maximum Gasteiger partial charge on any atom is 0.356 e. The van der Waals surface area contributed by atoms with Crippen LogP contribution in [0.15, 0.2) is 35.4 Å². The lowest BCUT2D eigenvalue weighted by molar-refractivity contribution is 0.0691. The molecule has 3 heterocycles. The minimum absolute atomic E-state index is 0.0376. The number of aromatic carboxylic acids is 1. The largest absolute Gasteiger partial charge is 0.476 e. The summed E-state index contributed by atoms with van der Waals surface area (Å²) >= 11 is 0. The third kappa shape index (κ3) is 2.58. The highest BCUT2D eigenvalue weighted by Crippen LogP contribution is 2.20. The highest BCUT2D eigenvalue weighted by atomic mass is 16.5. The molecule has 22 heavy (non-hydrogen) atoms. The molecule has 0 aromatic carbocycles. The number of carbonyl (C=O) groups is 1. The average molecular weight is 299 g/mol. The highest BCUT2D eigenvalue weighted by Gasteiger charge is 2.12. The minimum atomic E-state index is -1.08. The fourth-order valence-electron chi connectivity index (χ4n) is 1.81. The molecule has 8 nitrogen and oxygen atoms in total. The summed E-state index contributed by atoms with van der Waals surface area (Å²) in [5.41, 5.74) is 0.658. The van der Waals surface area contributed by atoms with Crippen molar-refractivity contribution in [1.82, 2.24) is 24.7 Å². The number of rotatable bonds is 4. The second-order valence-electron chi connectivity index (χ2n) is 4.99. The van der Waals surface area contributed by atoms with Gasteiger partial charge in [0.1, 0.15) is 12.1 Å². The molecule has 0 saturated carbocycles. The van der Waals surface area contributed by atoms with E-state index in [0.29, 0.717) is 23.1 Å². The molecule has 0 aliphatic rings. The third-order valence-electron chi connectivity index (χ3n) is 3.02. The summed E-state index contributed by atoms with van der Waals surface area (Å²) in [4.78, 5) is 23.1. The van der Waals surface area contributed by atoms with Gasteiger partial charge in [-0.15, -0.1) is 0 Å². The van der Waals surface area contributed by atoms with Crippen LogP contribution in [0.3, 0.4) is 0 Å². The van der Waals surface area contributed by atoms with Crippen molar-refractivity contribution in [3.8, 4) is 17.3 Å². The lowest BCUT2D eigenvalue weighted by Crippen LogP contribution is -1.97. The van der Waals surface area contributed by atoms with Gasteiger partial charge in [0.25, 0.3) is 5.89 Å². The Morgan fingerprint density at radius 3 is 2.68 bits per heavy atom. The van der Waals surface area contributed by atoms with Crippen LogP contribution in [0.25, 0.3) is 17.3 Å². The molecular weight excluding hydrogens is 286 g/mol. The number of imidazole rings is 1. The summed E-state index contributed by atoms with van der Waals surface area (Å²) < 4.78 is 6.72. The van der Waals surface area contributed by atoms with Crippen molar-refractivity contribution in [1.29, 1.82) is 0 Å². The Bertz CT molecular complexity index is 804. The van der Waals surface area contributed by atoms with E-state index in [4.69, 9.17) is 9.63 Å². The molecular formula is C14H13N5O3. The van der Waals surface area contributed by atoms with Gasteiger partial charge in [-0.05, 0) is 12.1 Å². The molecule has 3 rings (SSSR count). The quantitative estimate of drug-likeness (QED) is 0.786. The molecule has 0 amide bonds. The zero-order valence-corrected chi connectivity index (χ0v) is 12.0. The number of hydrogen-bond donors (Lipinski definition) is 1. The number of hydrogen-bond acceptors (Lipinski definition) is 6. The number of carboxylic acids is 1. The number of pyridine rings is 1. The Hall–Kier alpha value is -3.03.